The minimum Gasteiger partial charge on any atom is -0.355 e. The van der Waals surface area contributed by atoms with E-state index >= 15 is 0 Å². The van der Waals surface area contributed by atoms with Crippen LogP contribution in [0.1, 0.15) is 50.8 Å². The van der Waals surface area contributed by atoms with Gasteiger partial charge in [0.05, 0.1) is 6.04 Å². The van der Waals surface area contributed by atoms with Gasteiger partial charge in [0.1, 0.15) is 11.5 Å². The number of amides is 2. The summed E-state index contributed by atoms with van der Waals surface area (Å²) in [6.45, 7) is 9.80. The van der Waals surface area contributed by atoms with E-state index in [9.17, 15) is 22.8 Å². The van der Waals surface area contributed by atoms with Gasteiger partial charge in [0, 0.05) is 24.4 Å². The molecular formula is C22H30ClF3N4O2. The molecule has 0 aromatic carbocycles. The van der Waals surface area contributed by atoms with Crippen molar-refractivity contribution < 1.29 is 22.8 Å². The number of halogens is 4. The number of allylic oxidation sites excluding steroid dienone is 1. The van der Waals surface area contributed by atoms with Gasteiger partial charge in [-0.15, -0.1) is 19.0 Å². The molecule has 0 radical (unpaired) electrons. The zero-order valence-electron chi connectivity index (χ0n) is 18.4. The van der Waals surface area contributed by atoms with Crippen molar-refractivity contribution >= 4 is 30.0 Å². The van der Waals surface area contributed by atoms with Crippen LogP contribution in [0.15, 0.2) is 24.8 Å². The molecule has 1 aliphatic heterocycles. The molecular weight excluding hydrogens is 445 g/mol. The van der Waals surface area contributed by atoms with Gasteiger partial charge >= 0.3 is 6.18 Å². The third kappa shape index (κ3) is 6.01. The predicted octanol–water partition coefficient (Wildman–Crippen LogP) is 4.00. The van der Waals surface area contributed by atoms with Crippen LogP contribution in [-0.2, 0) is 15.8 Å². The van der Waals surface area contributed by atoms with Gasteiger partial charge in [-0.2, -0.15) is 13.2 Å². The second-order valence-corrected chi connectivity index (χ2v) is 9.50. The number of carbonyl (C=O) groups is 2. The molecule has 3 N–H and O–H groups in total. The minimum absolute atomic E-state index is 0. The van der Waals surface area contributed by atoms with Gasteiger partial charge in [0.2, 0.25) is 11.8 Å². The molecule has 0 spiro atoms. The van der Waals surface area contributed by atoms with E-state index in [2.05, 4.69) is 27.5 Å². The quantitative estimate of drug-likeness (QED) is 0.497. The molecule has 3 atom stereocenters. The first-order chi connectivity index (χ1) is 14.3. The van der Waals surface area contributed by atoms with E-state index < -0.39 is 23.8 Å². The molecule has 0 unspecified atom stereocenters. The third-order valence-electron chi connectivity index (χ3n) is 6.12. The summed E-state index contributed by atoms with van der Waals surface area (Å²) in [5.41, 5.74) is -0.947. The van der Waals surface area contributed by atoms with Crippen molar-refractivity contribution in [2.24, 2.45) is 10.8 Å². The molecule has 178 valence electrons. The van der Waals surface area contributed by atoms with Crippen LogP contribution in [0.5, 0.6) is 0 Å². The van der Waals surface area contributed by atoms with E-state index in [1.807, 2.05) is 13.8 Å². The highest BCUT2D eigenvalue weighted by atomic mass is 35.5. The molecule has 0 bridgehead atoms. The van der Waals surface area contributed by atoms with E-state index in [1.54, 1.807) is 13.0 Å². The van der Waals surface area contributed by atoms with Crippen molar-refractivity contribution in [2.75, 3.05) is 11.9 Å². The Kier molecular flexibility index (Phi) is 7.67. The number of nitrogens with zero attached hydrogens (tertiary/aromatic N) is 1. The lowest BCUT2D eigenvalue weighted by Gasteiger charge is -2.23. The fourth-order valence-electron chi connectivity index (χ4n) is 4.20. The number of hydrogen-bond acceptors (Lipinski definition) is 4. The van der Waals surface area contributed by atoms with E-state index in [0.717, 1.165) is 18.9 Å². The maximum absolute atomic E-state index is 12.9. The number of alkyl halides is 3. The van der Waals surface area contributed by atoms with Gasteiger partial charge in [-0.05, 0) is 43.2 Å². The Balaban J connectivity index is 0.00000363. The van der Waals surface area contributed by atoms with E-state index in [-0.39, 0.29) is 41.0 Å². The standard InChI is InChI=1S/C22H29F3N4O2.ClH/c1-5-8-20(3,4)11-17(30)26-12-21-9-14(27-16(21)10-21)19(31)29-18-13(2)6-7-15(28-18)22(23,24)25;/h5-7,14,16,27H,1,8-12H2,2-4H3,(H,26,30)(H,28,29,31);1H/t14-,16+,21-;/m0./s1. The van der Waals surface area contributed by atoms with E-state index in [0.29, 0.717) is 24.9 Å². The Bertz CT molecular complexity index is 890. The summed E-state index contributed by atoms with van der Waals surface area (Å²) in [6.07, 6.45) is -0.290. The normalized spacial score (nSPS) is 24.2. The highest BCUT2D eigenvalue weighted by molar-refractivity contribution is 5.95. The number of nitrogens with one attached hydrogen (secondary N) is 3. The molecule has 32 heavy (non-hydrogen) atoms. The van der Waals surface area contributed by atoms with Crippen LogP contribution >= 0.6 is 12.4 Å². The number of aryl methyl sites for hydroxylation is 1. The Morgan fingerprint density at radius 3 is 2.62 bits per heavy atom. The number of carbonyl (C=O) groups excluding carboxylic acids is 2. The van der Waals surface area contributed by atoms with Crippen LogP contribution in [0.25, 0.3) is 0 Å². The predicted molar refractivity (Wildman–Crippen MR) is 118 cm³/mol. The molecule has 3 rings (SSSR count). The topological polar surface area (TPSA) is 83.1 Å². The molecule has 6 nitrogen and oxygen atoms in total. The van der Waals surface area contributed by atoms with E-state index in [1.165, 1.54) is 6.07 Å². The summed E-state index contributed by atoms with van der Waals surface area (Å²) in [4.78, 5) is 28.5. The van der Waals surface area contributed by atoms with Gasteiger partial charge < -0.3 is 16.0 Å². The summed E-state index contributed by atoms with van der Waals surface area (Å²) in [7, 11) is 0. The summed E-state index contributed by atoms with van der Waals surface area (Å²) < 4.78 is 38.7. The molecule has 1 aromatic heterocycles. The van der Waals surface area contributed by atoms with Gasteiger partial charge in [-0.25, -0.2) is 4.98 Å². The van der Waals surface area contributed by atoms with Crippen LogP contribution in [0.4, 0.5) is 19.0 Å². The highest BCUT2D eigenvalue weighted by Gasteiger charge is 2.61. The van der Waals surface area contributed by atoms with Gasteiger partial charge in [-0.1, -0.05) is 26.0 Å². The molecule has 2 aliphatic rings. The average molecular weight is 475 g/mol. The second-order valence-electron chi connectivity index (χ2n) is 9.50. The lowest BCUT2D eigenvalue weighted by Crippen LogP contribution is -2.38. The fraction of sp³-hybridized carbons (Fsp3) is 0.591. The van der Waals surface area contributed by atoms with Crippen molar-refractivity contribution in [3.63, 3.8) is 0 Å². The largest absolute Gasteiger partial charge is 0.433 e. The maximum atomic E-state index is 12.9. The van der Waals surface area contributed by atoms with E-state index in [4.69, 9.17) is 0 Å². The van der Waals surface area contributed by atoms with Crippen LogP contribution in [0.3, 0.4) is 0 Å². The first-order valence-electron chi connectivity index (χ1n) is 10.3. The van der Waals surface area contributed by atoms with Crippen molar-refractivity contribution in [3.8, 4) is 0 Å². The maximum Gasteiger partial charge on any atom is 0.433 e. The minimum atomic E-state index is -4.58. The highest BCUT2D eigenvalue weighted by Crippen LogP contribution is 2.54. The fourth-order valence-corrected chi connectivity index (χ4v) is 4.20. The number of aromatic nitrogens is 1. The first kappa shape index (κ1) is 26.1. The summed E-state index contributed by atoms with van der Waals surface area (Å²) >= 11 is 0. The Morgan fingerprint density at radius 1 is 1.31 bits per heavy atom. The molecule has 1 saturated heterocycles. The monoisotopic (exact) mass is 474 g/mol. The zero-order chi connectivity index (χ0) is 23.0. The lowest BCUT2D eigenvalue weighted by molar-refractivity contribution is -0.141. The zero-order valence-corrected chi connectivity index (χ0v) is 19.3. The molecule has 1 aromatic rings. The average Bonchev–Trinajstić information content (AvgIpc) is 3.20. The molecule has 10 heteroatoms. The number of hydrogen-bond donors (Lipinski definition) is 3. The number of piperidine rings is 1. The van der Waals surface area contributed by atoms with Crippen LogP contribution in [0.2, 0.25) is 0 Å². The number of rotatable bonds is 8. The lowest BCUT2D eigenvalue weighted by atomic mass is 9.85. The van der Waals surface area contributed by atoms with Gasteiger partial charge in [-0.3, -0.25) is 9.59 Å². The van der Waals surface area contributed by atoms with Crippen molar-refractivity contribution in [1.29, 1.82) is 0 Å². The molecule has 1 saturated carbocycles. The SMILES string of the molecule is C=CCC(C)(C)CC(=O)NC[C@@]12C[C@@H](C(=O)Nc3nc(C(F)(F)F)ccc3C)N[C@@H]1C2.Cl. The Morgan fingerprint density at radius 2 is 2.00 bits per heavy atom. The number of fused-ring (bicyclic) bond motifs is 1. The smallest absolute Gasteiger partial charge is 0.355 e. The second kappa shape index (κ2) is 9.39. The molecule has 2 amide bonds. The third-order valence-corrected chi connectivity index (χ3v) is 6.12. The van der Waals surface area contributed by atoms with Crippen LogP contribution in [-0.4, -0.2) is 35.4 Å². The summed E-state index contributed by atoms with van der Waals surface area (Å²) in [5, 5.41) is 8.72. The van der Waals surface area contributed by atoms with Crippen molar-refractivity contribution in [3.05, 3.63) is 36.0 Å². The number of pyridine rings is 1. The molecule has 1 aliphatic carbocycles. The van der Waals surface area contributed by atoms with Gasteiger partial charge in [0.15, 0.2) is 0 Å². The van der Waals surface area contributed by atoms with Crippen molar-refractivity contribution in [2.45, 2.75) is 64.7 Å². The van der Waals surface area contributed by atoms with Crippen LogP contribution in [0, 0.1) is 17.8 Å². The molecule has 2 heterocycles. The van der Waals surface area contributed by atoms with Crippen molar-refractivity contribution in [1.82, 2.24) is 15.6 Å². The first-order valence-corrected chi connectivity index (χ1v) is 10.3. The summed E-state index contributed by atoms with van der Waals surface area (Å²) in [6, 6.07) is 1.75. The summed E-state index contributed by atoms with van der Waals surface area (Å²) in [5.74, 6) is -0.544. The Labute approximate surface area is 192 Å². The number of anilines is 1. The Hall–Kier alpha value is -2.13. The van der Waals surface area contributed by atoms with Crippen LogP contribution < -0.4 is 16.0 Å². The molecule has 2 fully saturated rings. The van der Waals surface area contributed by atoms with Gasteiger partial charge in [0.25, 0.3) is 0 Å².